The first-order valence-corrected chi connectivity index (χ1v) is 40.4. The van der Waals surface area contributed by atoms with Gasteiger partial charge in [0.1, 0.15) is 24.8 Å². The van der Waals surface area contributed by atoms with Gasteiger partial charge in [-0.1, -0.05) is 336 Å². The van der Waals surface area contributed by atoms with Crippen molar-refractivity contribution >= 4 is 60.1 Å². The molecule has 0 rings (SSSR count). The van der Waals surface area contributed by atoms with Gasteiger partial charge in [-0.25, -0.2) is 9.59 Å². The summed E-state index contributed by atoms with van der Waals surface area (Å²) >= 11 is 5.53. The molecular formula is C76H144N2O11S2. The van der Waals surface area contributed by atoms with Gasteiger partial charge < -0.3 is 24.4 Å². The summed E-state index contributed by atoms with van der Waals surface area (Å²) in [6.45, 7) is 8.13. The number of carbonyl (C=O) groups excluding carboxylic acids is 6. The Morgan fingerprint density at radius 1 is 0.407 bits per heavy atom. The summed E-state index contributed by atoms with van der Waals surface area (Å²) in [4.78, 5) is 84.5. The molecule has 0 aromatic rings. The second-order valence-corrected chi connectivity index (χ2v) is 28.1. The monoisotopic (exact) mass is 1330 g/mol. The van der Waals surface area contributed by atoms with E-state index in [9.17, 15) is 39.0 Å². The number of hydrogen-bond acceptors (Lipinski definition) is 14. The zero-order chi connectivity index (χ0) is 66.7. The largest absolute Gasteiger partial charge is 0.462 e. The number of esters is 4. The van der Waals surface area contributed by atoms with Crippen LogP contribution in [-0.4, -0.2) is 112 Å². The quantitative estimate of drug-likeness (QED) is 0.0148. The lowest BCUT2D eigenvalue weighted by Crippen LogP contribution is -2.52. The highest BCUT2D eigenvalue weighted by molar-refractivity contribution is 7.99. The molecule has 15 heteroatoms. The minimum atomic E-state index is -1.47. The molecule has 0 heterocycles. The summed E-state index contributed by atoms with van der Waals surface area (Å²) in [5.41, 5.74) is 0. The SMILES string of the molecule is CCCCCCCCCCCCCCCC(=O)OCC(CN[C@@H](CS)C(=O)OC(=O)[C@H](CSCC(O)CO)N(C(=O)CCCCCCCCCCCCCCC)C(=O)CCCCCCCCCCCCCCC)OC(=O)CCCCCCCCCCCCCCC. The van der Waals surface area contributed by atoms with E-state index in [-0.39, 0.29) is 62.1 Å². The third-order valence-electron chi connectivity index (χ3n) is 17.9. The van der Waals surface area contributed by atoms with Crippen molar-refractivity contribution in [2.45, 2.75) is 412 Å². The molecule has 91 heavy (non-hydrogen) atoms. The average Bonchev–Trinajstić information content (AvgIpc) is 2.29. The molecule has 0 saturated carbocycles. The van der Waals surface area contributed by atoms with Crippen LogP contribution < -0.4 is 5.32 Å². The van der Waals surface area contributed by atoms with Crippen molar-refractivity contribution in [3.8, 4) is 0 Å². The second-order valence-electron chi connectivity index (χ2n) is 26.7. The molecule has 4 atom stereocenters. The van der Waals surface area contributed by atoms with E-state index < -0.39 is 60.6 Å². The number of imide groups is 1. The summed E-state index contributed by atoms with van der Waals surface area (Å²) in [6, 6.07) is -2.66. The van der Waals surface area contributed by atoms with E-state index >= 15 is 0 Å². The van der Waals surface area contributed by atoms with Crippen molar-refractivity contribution in [3.63, 3.8) is 0 Å². The number of carbonyl (C=O) groups is 6. The van der Waals surface area contributed by atoms with Gasteiger partial charge in [-0.3, -0.25) is 29.4 Å². The fraction of sp³-hybridized carbons (Fsp3) is 0.921. The normalized spacial score (nSPS) is 12.8. The van der Waals surface area contributed by atoms with Crippen LogP contribution in [0.1, 0.15) is 387 Å². The van der Waals surface area contributed by atoms with Gasteiger partial charge in [0.05, 0.1) is 12.7 Å². The number of thioether (sulfide) groups is 1. The van der Waals surface area contributed by atoms with Crippen molar-refractivity contribution in [2.75, 3.05) is 37.0 Å². The van der Waals surface area contributed by atoms with E-state index in [1.165, 1.54) is 218 Å². The van der Waals surface area contributed by atoms with E-state index in [0.717, 1.165) is 107 Å². The molecule has 0 fully saturated rings. The Labute approximate surface area is 569 Å². The molecule has 2 unspecified atom stereocenters. The van der Waals surface area contributed by atoms with Gasteiger partial charge in [0.25, 0.3) is 0 Å². The summed E-state index contributed by atoms with van der Waals surface area (Å²) in [7, 11) is 0. The summed E-state index contributed by atoms with van der Waals surface area (Å²) in [5, 5.41) is 23.0. The Kier molecular flexibility index (Phi) is 67.5. The van der Waals surface area contributed by atoms with Crippen molar-refractivity contribution in [2.24, 2.45) is 0 Å². The molecule has 0 spiro atoms. The third-order valence-corrected chi connectivity index (χ3v) is 19.4. The lowest BCUT2D eigenvalue weighted by Gasteiger charge is -2.29. The maximum absolute atomic E-state index is 14.4. The topological polar surface area (TPSA) is 186 Å². The predicted octanol–water partition coefficient (Wildman–Crippen LogP) is 20.1. The number of nitrogens with one attached hydrogen (secondary N) is 1. The van der Waals surface area contributed by atoms with Gasteiger partial charge in [-0.2, -0.15) is 24.4 Å². The summed E-state index contributed by atoms with van der Waals surface area (Å²) in [6.07, 6.45) is 58.8. The van der Waals surface area contributed by atoms with Crippen molar-refractivity contribution in [1.29, 1.82) is 0 Å². The minimum Gasteiger partial charge on any atom is -0.462 e. The molecule has 0 radical (unpaired) electrons. The van der Waals surface area contributed by atoms with Gasteiger partial charge >= 0.3 is 23.9 Å². The zero-order valence-electron chi connectivity index (χ0n) is 59.5. The molecule has 2 amide bonds. The first-order valence-electron chi connectivity index (χ1n) is 38.7. The number of aliphatic hydroxyl groups is 2. The van der Waals surface area contributed by atoms with Gasteiger partial charge in [0, 0.05) is 49.5 Å². The fourth-order valence-corrected chi connectivity index (χ4v) is 13.2. The Morgan fingerprint density at radius 3 is 1.01 bits per heavy atom. The minimum absolute atomic E-state index is 0.0203. The number of nitrogens with zero attached hydrogens (tertiary/aromatic N) is 1. The summed E-state index contributed by atoms with van der Waals surface area (Å²) in [5.74, 6) is -4.14. The highest BCUT2D eigenvalue weighted by Crippen LogP contribution is 2.22. The Hall–Kier alpha value is -2.20. The summed E-state index contributed by atoms with van der Waals surface area (Å²) < 4.78 is 17.2. The lowest BCUT2D eigenvalue weighted by molar-refractivity contribution is -0.169. The number of ether oxygens (including phenoxy) is 3. The molecule has 0 aromatic heterocycles. The van der Waals surface area contributed by atoms with Crippen LogP contribution in [0.25, 0.3) is 0 Å². The molecule has 3 N–H and O–H groups in total. The van der Waals surface area contributed by atoms with Crippen LogP contribution in [0.3, 0.4) is 0 Å². The van der Waals surface area contributed by atoms with Crippen molar-refractivity contribution < 1.29 is 53.2 Å². The number of unbranched alkanes of at least 4 members (excludes halogenated alkanes) is 48. The number of rotatable bonds is 71. The number of thiol groups is 1. The maximum Gasteiger partial charge on any atom is 0.337 e. The standard InChI is InChI=1S/C76H144N2O11S2/c1-5-9-13-17-21-25-29-33-37-41-45-49-53-57-71(81)78(72(82)58-54-50-46-42-38-34-30-26-22-18-14-10-6-2)70(66-91-65-67(80)62-79)76(86)89-75(85)69(64-90)77-61-68(88-74(84)60-56-52-48-44-40-36-32-28-24-20-16-12-8-4)63-87-73(83)59-55-51-47-43-39-35-31-27-23-19-15-11-7-3/h67-70,77,79-80,90H,5-66H2,1-4H3/t67?,68?,69-,70-/m0/s1. The molecule has 0 aliphatic carbocycles. The van der Waals surface area contributed by atoms with Gasteiger partial charge in [-0.05, 0) is 25.7 Å². The van der Waals surface area contributed by atoms with E-state index in [0.29, 0.717) is 25.7 Å². The van der Waals surface area contributed by atoms with Gasteiger partial charge in [0.2, 0.25) is 11.8 Å². The number of amides is 2. The molecule has 13 nitrogen and oxygen atoms in total. The third kappa shape index (κ3) is 57.7. The molecule has 0 saturated heterocycles. The van der Waals surface area contributed by atoms with Crippen LogP contribution in [0.15, 0.2) is 0 Å². The van der Waals surface area contributed by atoms with Gasteiger partial charge in [0.15, 0.2) is 0 Å². The van der Waals surface area contributed by atoms with E-state index in [1.54, 1.807) is 0 Å². The average molecular weight is 1330 g/mol. The second kappa shape index (κ2) is 69.2. The van der Waals surface area contributed by atoms with Crippen LogP contribution in [0, 0.1) is 0 Å². The molecule has 0 aliphatic rings. The van der Waals surface area contributed by atoms with Crippen molar-refractivity contribution in [1.82, 2.24) is 10.2 Å². The first-order chi connectivity index (χ1) is 44.5. The smallest absolute Gasteiger partial charge is 0.337 e. The van der Waals surface area contributed by atoms with Crippen LogP contribution in [0.4, 0.5) is 0 Å². The van der Waals surface area contributed by atoms with Crippen LogP contribution in [0.5, 0.6) is 0 Å². The molecule has 0 aromatic carbocycles. The molecule has 536 valence electrons. The molecule has 0 bridgehead atoms. The molecule has 0 aliphatic heterocycles. The van der Waals surface area contributed by atoms with Crippen LogP contribution >= 0.6 is 24.4 Å². The van der Waals surface area contributed by atoms with Crippen LogP contribution in [0.2, 0.25) is 0 Å². The maximum atomic E-state index is 14.4. The molecular weight excluding hydrogens is 1180 g/mol. The van der Waals surface area contributed by atoms with E-state index in [2.05, 4.69) is 45.6 Å². The van der Waals surface area contributed by atoms with Crippen molar-refractivity contribution in [3.05, 3.63) is 0 Å². The number of hydrogen-bond donors (Lipinski definition) is 4. The van der Waals surface area contributed by atoms with E-state index in [4.69, 9.17) is 14.2 Å². The fourth-order valence-electron chi connectivity index (χ4n) is 11.9. The predicted molar refractivity (Wildman–Crippen MR) is 385 cm³/mol. The lowest BCUT2D eigenvalue weighted by atomic mass is 10.0. The Bertz CT molecular complexity index is 1630. The Morgan fingerprint density at radius 2 is 0.703 bits per heavy atom. The highest BCUT2D eigenvalue weighted by atomic mass is 32.2. The van der Waals surface area contributed by atoms with Gasteiger partial charge in [-0.15, -0.1) is 0 Å². The highest BCUT2D eigenvalue weighted by Gasteiger charge is 2.38. The first kappa shape index (κ1) is 88.8. The Balaban J connectivity index is 6.00. The van der Waals surface area contributed by atoms with E-state index in [1.807, 2.05) is 0 Å². The zero-order valence-corrected chi connectivity index (χ0v) is 61.2. The van der Waals surface area contributed by atoms with Crippen LogP contribution in [-0.2, 0) is 43.0 Å². The number of aliphatic hydroxyl groups excluding tert-OH is 2.